The number of nitrogens with zero attached hydrogens (tertiary/aromatic N) is 1. The molecule has 182 valence electrons. The number of fused-ring (bicyclic) bond motifs is 4. The fourth-order valence-corrected chi connectivity index (χ4v) is 5.51. The van der Waals surface area contributed by atoms with E-state index in [4.69, 9.17) is 9.15 Å². The van der Waals surface area contributed by atoms with Gasteiger partial charge in [-0.25, -0.2) is 4.79 Å². The number of benzene rings is 2. The summed E-state index contributed by atoms with van der Waals surface area (Å²) >= 11 is 0. The molecule has 0 saturated carbocycles. The second-order valence-corrected chi connectivity index (χ2v) is 9.72. The van der Waals surface area contributed by atoms with Gasteiger partial charge in [-0.15, -0.1) is 0 Å². The van der Waals surface area contributed by atoms with Crippen molar-refractivity contribution in [2.24, 2.45) is 7.05 Å². The third-order valence-electron chi connectivity index (χ3n) is 7.49. The first-order valence-electron chi connectivity index (χ1n) is 12.8. The van der Waals surface area contributed by atoms with Crippen LogP contribution in [0.5, 0.6) is 5.75 Å². The van der Waals surface area contributed by atoms with Crippen molar-refractivity contribution in [3.05, 3.63) is 74.8 Å². The number of carbonyl (C=O) groups is 1. The number of hydrogen-bond acceptors (Lipinski definition) is 4. The molecule has 0 amide bonds. The normalized spacial score (nSPS) is 13.0. The minimum absolute atomic E-state index is 0.0493. The Morgan fingerprint density at radius 2 is 1.86 bits per heavy atom. The van der Waals surface area contributed by atoms with Crippen LogP contribution in [0.2, 0.25) is 0 Å². The number of ketones is 1. The first kappa shape index (κ1) is 23.4. The van der Waals surface area contributed by atoms with Crippen molar-refractivity contribution < 1.29 is 13.9 Å². The molecule has 2 aromatic carbocycles. The fraction of sp³-hybridized carbons (Fsp3) is 0.400. The molecule has 2 heterocycles. The van der Waals surface area contributed by atoms with Gasteiger partial charge in [-0.3, -0.25) is 4.79 Å². The zero-order chi connectivity index (χ0) is 24.5. The fourth-order valence-electron chi connectivity index (χ4n) is 5.51. The van der Waals surface area contributed by atoms with E-state index in [0.717, 1.165) is 77.2 Å². The first-order valence-corrected chi connectivity index (χ1v) is 12.8. The minimum Gasteiger partial charge on any atom is -0.485 e. The maximum Gasteiger partial charge on any atom is 0.339 e. The SMILES string of the molecule is CCCCCCc1cc2c3c(c(=O)oc2cc1OCC(=O)c1c(C)n(C)c2ccccc12)CCC3. The van der Waals surface area contributed by atoms with Crippen LogP contribution in [0.3, 0.4) is 0 Å². The molecule has 0 bridgehead atoms. The minimum atomic E-state index is -0.242. The van der Waals surface area contributed by atoms with Crippen LogP contribution in [-0.4, -0.2) is 17.0 Å². The summed E-state index contributed by atoms with van der Waals surface area (Å²) in [4.78, 5) is 25.9. The molecule has 0 spiro atoms. The summed E-state index contributed by atoms with van der Waals surface area (Å²) in [7, 11) is 1.98. The summed E-state index contributed by atoms with van der Waals surface area (Å²) in [5, 5.41) is 1.96. The number of para-hydroxylation sites is 1. The average Bonchev–Trinajstić information content (AvgIpc) is 3.45. The Labute approximate surface area is 205 Å². The summed E-state index contributed by atoms with van der Waals surface area (Å²) in [5.41, 5.74) is 6.01. The number of Topliss-reactive ketones (excluding diaryl/α,β-unsaturated/α-hetero) is 1. The van der Waals surface area contributed by atoms with Crippen molar-refractivity contribution in [3.8, 4) is 5.75 Å². The maximum atomic E-state index is 13.3. The van der Waals surface area contributed by atoms with Crippen molar-refractivity contribution in [3.63, 3.8) is 0 Å². The Morgan fingerprint density at radius 3 is 2.69 bits per heavy atom. The van der Waals surface area contributed by atoms with Gasteiger partial charge in [0.1, 0.15) is 11.3 Å². The summed E-state index contributed by atoms with van der Waals surface area (Å²) in [6.45, 7) is 4.12. The zero-order valence-corrected chi connectivity index (χ0v) is 20.9. The summed E-state index contributed by atoms with van der Waals surface area (Å²) in [6.07, 6.45) is 8.16. The number of ether oxygens (including phenoxy) is 1. The number of rotatable bonds is 9. The Hall–Kier alpha value is -3.34. The highest BCUT2D eigenvalue weighted by atomic mass is 16.5. The summed E-state index contributed by atoms with van der Waals surface area (Å²) < 4.78 is 13.9. The molecule has 5 nitrogen and oxygen atoms in total. The van der Waals surface area contributed by atoms with Crippen LogP contribution in [-0.2, 0) is 26.3 Å². The highest BCUT2D eigenvalue weighted by molar-refractivity contribution is 6.10. The van der Waals surface area contributed by atoms with Gasteiger partial charge in [0.15, 0.2) is 6.61 Å². The maximum absolute atomic E-state index is 13.3. The molecule has 0 radical (unpaired) electrons. The van der Waals surface area contributed by atoms with Crippen LogP contribution >= 0.6 is 0 Å². The molecule has 0 unspecified atom stereocenters. The van der Waals surface area contributed by atoms with E-state index in [0.29, 0.717) is 16.9 Å². The van der Waals surface area contributed by atoms with Crippen LogP contribution in [0.15, 0.2) is 45.6 Å². The lowest BCUT2D eigenvalue weighted by Gasteiger charge is -2.14. The van der Waals surface area contributed by atoms with Crippen LogP contribution in [0, 0.1) is 6.92 Å². The molecule has 0 saturated heterocycles. The van der Waals surface area contributed by atoms with Crippen molar-refractivity contribution in [2.45, 2.75) is 65.2 Å². The van der Waals surface area contributed by atoms with Crippen LogP contribution in [0.4, 0.5) is 0 Å². The van der Waals surface area contributed by atoms with E-state index >= 15 is 0 Å². The first-order chi connectivity index (χ1) is 17.0. The molecule has 0 fully saturated rings. The second-order valence-electron chi connectivity index (χ2n) is 9.72. The van der Waals surface area contributed by atoms with Crippen molar-refractivity contribution in [1.82, 2.24) is 4.57 Å². The lowest BCUT2D eigenvalue weighted by Crippen LogP contribution is -2.14. The van der Waals surface area contributed by atoms with E-state index in [1.165, 1.54) is 12.8 Å². The Balaban J connectivity index is 1.48. The molecule has 5 rings (SSSR count). The van der Waals surface area contributed by atoms with Crippen molar-refractivity contribution in [1.29, 1.82) is 0 Å². The highest BCUT2D eigenvalue weighted by Gasteiger charge is 2.22. The summed E-state index contributed by atoms with van der Waals surface area (Å²) in [5.74, 6) is 0.591. The monoisotopic (exact) mass is 471 g/mol. The van der Waals surface area contributed by atoms with Gasteiger partial charge in [-0.1, -0.05) is 44.4 Å². The predicted octanol–water partition coefficient (Wildman–Crippen LogP) is 6.47. The van der Waals surface area contributed by atoms with Gasteiger partial charge in [0, 0.05) is 46.2 Å². The van der Waals surface area contributed by atoms with Crippen LogP contribution < -0.4 is 10.4 Å². The quantitative estimate of drug-likeness (QED) is 0.160. The van der Waals surface area contributed by atoms with Gasteiger partial charge in [0.05, 0.1) is 0 Å². The van der Waals surface area contributed by atoms with Crippen LogP contribution in [0.25, 0.3) is 21.9 Å². The van der Waals surface area contributed by atoms with Gasteiger partial charge in [0.25, 0.3) is 0 Å². The largest absolute Gasteiger partial charge is 0.485 e. The van der Waals surface area contributed by atoms with E-state index in [-0.39, 0.29) is 18.0 Å². The molecule has 0 N–H and O–H groups in total. The third kappa shape index (κ3) is 4.29. The van der Waals surface area contributed by atoms with Gasteiger partial charge in [-0.05, 0) is 62.3 Å². The van der Waals surface area contributed by atoms with Gasteiger partial charge >= 0.3 is 5.63 Å². The zero-order valence-electron chi connectivity index (χ0n) is 20.9. The molecule has 1 aliphatic carbocycles. The van der Waals surface area contributed by atoms with Gasteiger partial charge in [0.2, 0.25) is 5.78 Å². The van der Waals surface area contributed by atoms with Gasteiger partial charge in [-0.2, -0.15) is 0 Å². The Kier molecular flexibility index (Phi) is 6.50. The number of carbonyl (C=O) groups excluding carboxylic acids is 1. The second kappa shape index (κ2) is 9.73. The number of unbranched alkanes of at least 4 members (excludes halogenated alkanes) is 3. The average molecular weight is 472 g/mol. The lowest BCUT2D eigenvalue weighted by atomic mass is 10.00. The molecule has 5 heteroatoms. The van der Waals surface area contributed by atoms with Crippen molar-refractivity contribution in [2.75, 3.05) is 6.61 Å². The topological polar surface area (TPSA) is 61.4 Å². The summed E-state index contributed by atoms with van der Waals surface area (Å²) in [6, 6.07) is 11.9. The third-order valence-corrected chi connectivity index (χ3v) is 7.49. The van der Waals surface area contributed by atoms with E-state index in [2.05, 4.69) is 13.0 Å². The molecule has 0 aliphatic heterocycles. The molecular formula is C30H33NO4. The molecular weight excluding hydrogens is 438 g/mol. The van der Waals surface area contributed by atoms with E-state index in [1.807, 2.05) is 48.9 Å². The smallest absolute Gasteiger partial charge is 0.339 e. The lowest BCUT2D eigenvalue weighted by molar-refractivity contribution is 0.0921. The molecule has 0 atom stereocenters. The van der Waals surface area contributed by atoms with Gasteiger partial charge < -0.3 is 13.7 Å². The molecule has 1 aliphatic rings. The number of hydrogen-bond donors (Lipinski definition) is 0. The van der Waals surface area contributed by atoms with Crippen LogP contribution in [0.1, 0.15) is 71.8 Å². The molecule has 4 aromatic rings. The number of aryl methyl sites for hydroxylation is 3. The molecule has 2 aromatic heterocycles. The Bertz CT molecular complexity index is 1470. The predicted molar refractivity (Wildman–Crippen MR) is 140 cm³/mol. The van der Waals surface area contributed by atoms with Crippen molar-refractivity contribution >= 4 is 27.7 Å². The Morgan fingerprint density at radius 1 is 1.06 bits per heavy atom. The van der Waals surface area contributed by atoms with E-state index in [1.54, 1.807) is 0 Å². The number of aromatic nitrogens is 1. The highest BCUT2D eigenvalue weighted by Crippen LogP contribution is 2.33. The molecule has 35 heavy (non-hydrogen) atoms. The standard InChI is InChI=1S/C30H33NO4/c1-4-5-6-7-11-20-16-24-21-13-10-14-22(21)30(33)35-28(24)17-27(20)34-18-26(32)29-19(2)31(3)25-15-9-8-12-23(25)29/h8-9,12,15-17H,4-7,10-11,13-14,18H2,1-3H3. The van der Waals surface area contributed by atoms with E-state index < -0.39 is 0 Å². The van der Waals surface area contributed by atoms with E-state index in [9.17, 15) is 9.59 Å².